The van der Waals surface area contributed by atoms with Crippen LogP contribution in [0.4, 0.5) is 5.13 Å². The van der Waals surface area contributed by atoms with E-state index in [4.69, 9.17) is 4.74 Å². The molecule has 1 fully saturated rings. The van der Waals surface area contributed by atoms with Gasteiger partial charge in [-0.15, -0.1) is 10.2 Å². The lowest BCUT2D eigenvalue weighted by molar-refractivity contribution is 0.122. The molecule has 13 heavy (non-hydrogen) atoms. The molecule has 0 atom stereocenters. The predicted octanol–water partition coefficient (Wildman–Crippen LogP) is 1.10. The van der Waals surface area contributed by atoms with Crippen molar-refractivity contribution in [3.8, 4) is 0 Å². The van der Waals surface area contributed by atoms with Crippen LogP contribution in [-0.4, -0.2) is 42.8 Å². The van der Waals surface area contributed by atoms with Gasteiger partial charge in [0.2, 0.25) is 5.13 Å². The molecule has 1 aromatic rings. The normalized spacial score (nSPS) is 17.8. The molecule has 0 spiro atoms. The first-order valence-electron chi connectivity index (χ1n) is 4.10. The summed E-state index contributed by atoms with van der Waals surface area (Å²) in [6.45, 7) is 3.47. The van der Waals surface area contributed by atoms with E-state index in [-0.39, 0.29) is 0 Å². The number of rotatable bonds is 2. The van der Waals surface area contributed by atoms with Crippen LogP contribution < -0.4 is 4.90 Å². The third-order valence-corrected chi connectivity index (χ3v) is 3.81. The summed E-state index contributed by atoms with van der Waals surface area (Å²) in [6, 6.07) is 0. The van der Waals surface area contributed by atoms with Crippen molar-refractivity contribution in [2.45, 2.75) is 4.34 Å². The molecule has 1 aliphatic heterocycles. The standard InChI is InChI=1S/C7H11N3OS2/c1-12-7-9-8-6(13-7)10-2-4-11-5-3-10/h2-5H2,1H3. The Balaban J connectivity index is 2.05. The molecule has 6 heteroatoms. The van der Waals surface area contributed by atoms with Crippen LogP contribution in [0.15, 0.2) is 4.34 Å². The first kappa shape index (κ1) is 9.23. The van der Waals surface area contributed by atoms with E-state index in [1.807, 2.05) is 6.26 Å². The lowest BCUT2D eigenvalue weighted by Crippen LogP contribution is -2.36. The van der Waals surface area contributed by atoms with Crippen molar-refractivity contribution in [1.29, 1.82) is 0 Å². The minimum atomic E-state index is 0.800. The molecule has 0 saturated carbocycles. The van der Waals surface area contributed by atoms with Gasteiger partial charge in [0.15, 0.2) is 4.34 Å². The molecule has 0 amide bonds. The number of anilines is 1. The van der Waals surface area contributed by atoms with Crippen LogP contribution in [0.2, 0.25) is 0 Å². The maximum atomic E-state index is 5.26. The fourth-order valence-electron chi connectivity index (χ4n) is 1.17. The van der Waals surface area contributed by atoms with Crippen molar-refractivity contribution in [3.05, 3.63) is 0 Å². The van der Waals surface area contributed by atoms with Gasteiger partial charge in [-0.25, -0.2) is 0 Å². The average Bonchev–Trinajstić information content (AvgIpc) is 2.67. The second kappa shape index (κ2) is 4.26. The minimum absolute atomic E-state index is 0.800. The average molecular weight is 217 g/mol. The number of aromatic nitrogens is 2. The molecule has 1 saturated heterocycles. The van der Waals surface area contributed by atoms with Crippen LogP contribution in [-0.2, 0) is 4.74 Å². The topological polar surface area (TPSA) is 38.2 Å². The lowest BCUT2D eigenvalue weighted by atomic mass is 10.5. The van der Waals surface area contributed by atoms with E-state index in [0.717, 1.165) is 35.8 Å². The second-order valence-corrected chi connectivity index (χ2v) is 4.66. The highest BCUT2D eigenvalue weighted by molar-refractivity contribution is 8.00. The summed E-state index contributed by atoms with van der Waals surface area (Å²) in [6.07, 6.45) is 2.02. The van der Waals surface area contributed by atoms with Gasteiger partial charge in [0.1, 0.15) is 0 Å². The van der Waals surface area contributed by atoms with Gasteiger partial charge >= 0.3 is 0 Å². The third kappa shape index (κ3) is 2.12. The van der Waals surface area contributed by atoms with Crippen molar-refractivity contribution >= 4 is 28.2 Å². The quantitative estimate of drug-likeness (QED) is 0.693. The molecule has 0 N–H and O–H groups in total. The summed E-state index contributed by atoms with van der Waals surface area (Å²) in [5.74, 6) is 0. The van der Waals surface area contributed by atoms with Crippen molar-refractivity contribution in [2.24, 2.45) is 0 Å². The molecule has 1 aliphatic rings. The fraction of sp³-hybridized carbons (Fsp3) is 0.714. The van der Waals surface area contributed by atoms with Gasteiger partial charge in [-0.1, -0.05) is 23.1 Å². The molecule has 0 bridgehead atoms. The van der Waals surface area contributed by atoms with E-state index in [2.05, 4.69) is 15.1 Å². The number of morpholine rings is 1. The summed E-state index contributed by atoms with van der Waals surface area (Å²) >= 11 is 3.29. The molecule has 4 nitrogen and oxygen atoms in total. The van der Waals surface area contributed by atoms with Gasteiger partial charge in [-0.05, 0) is 6.26 Å². The third-order valence-electron chi connectivity index (χ3n) is 1.85. The zero-order chi connectivity index (χ0) is 9.10. The highest BCUT2D eigenvalue weighted by Crippen LogP contribution is 2.26. The van der Waals surface area contributed by atoms with Crippen LogP contribution in [0.1, 0.15) is 0 Å². The Labute approximate surface area is 85.3 Å². The SMILES string of the molecule is CSc1nnc(N2CCOCC2)s1. The monoisotopic (exact) mass is 217 g/mol. The lowest BCUT2D eigenvalue weighted by Gasteiger charge is -2.25. The number of hydrogen-bond acceptors (Lipinski definition) is 6. The molecule has 0 aliphatic carbocycles. The molecule has 0 unspecified atom stereocenters. The van der Waals surface area contributed by atoms with Crippen molar-refractivity contribution in [2.75, 3.05) is 37.5 Å². The predicted molar refractivity (Wildman–Crippen MR) is 54.7 cm³/mol. The van der Waals surface area contributed by atoms with Crippen LogP contribution in [0.25, 0.3) is 0 Å². The zero-order valence-electron chi connectivity index (χ0n) is 7.39. The highest BCUT2D eigenvalue weighted by atomic mass is 32.2. The van der Waals surface area contributed by atoms with Gasteiger partial charge in [0.05, 0.1) is 13.2 Å². The second-order valence-electron chi connectivity index (χ2n) is 2.65. The minimum Gasteiger partial charge on any atom is -0.378 e. The van der Waals surface area contributed by atoms with Crippen molar-refractivity contribution < 1.29 is 4.74 Å². The maximum Gasteiger partial charge on any atom is 0.209 e. The van der Waals surface area contributed by atoms with Gasteiger partial charge in [0, 0.05) is 13.1 Å². The van der Waals surface area contributed by atoms with Crippen molar-refractivity contribution in [1.82, 2.24) is 10.2 Å². The first-order chi connectivity index (χ1) is 6.40. The van der Waals surface area contributed by atoms with Gasteiger partial charge in [-0.3, -0.25) is 0 Å². The van der Waals surface area contributed by atoms with E-state index in [9.17, 15) is 0 Å². The molecule has 72 valence electrons. The summed E-state index contributed by atoms with van der Waals surface area (Å²) in [4.78, 5) is 2.22. The zero-order valence-corrected chi connectivity index (χ0v) is 9.03. The number of ether oxygens (including phenoxy) is 1. The van der Waals surface area contributed by atoms with E-state index >= 15 is 0 Å². The molecule has 1 aromatic heterocycles. The first-order valence-corrected chi connectivity index (χ1v) is 6.14. The van der Waals surface area contributed by atoms with Crippen LogP contribution in [0.3, 0.4) is 0 Å². The Morgan fingerprint density at radius 2 is 2.15 bits per heavy atom. The Bertz CT molecular complexity index is 272. The van der Waals surface area contributed by atoms with Gasteiger partial charge in [-0.2, -0.15) is 0 Å². The molecule has 0 radical (unpaired) electrons. The van der Waals surface area contributed by atoms with E-state index < -0.39 is 0 Å². The number of thioether (sulfide) groups is 1. The van der Waals surface area contributed by atoms with Gasteiger partial charge in [0.25, 0.3) is 0 Å². The number of nitrogens with zero attached hydrogens (tertiary/aromatic N) is 3. The Morgan fingerprint density at radius 1 is 1.38 bits per heavy atom. The van der Waals surface area contributed by atoms with E-state index in [1.54, 1.807) is 23.1 Å². The number of hydrogen-bond donors (Lipinski definition) is 0. The van der Waals surface area contributed by atoms with Gasteiger partial charge < -0.3 is 9.64 Å². The van der Waals surface area contributed by atoms with E-state index in [0.29, 0.717) is 0 Å². The Morgan fingerprint density at radius 3 is 2.77 bits per heavy atom. The maximum absolute atomic E-state index is 5.26. The summed E-state index contributed by atoms with van der Waals surface area (Å²) in [7, 11) is 0. The summed E-state index contributed by atoms with van der Waals surface area (Å²) in [5.41, 5.74) is 0. The summed E-state index contributed by atoms with van der Waals surface area (Å²) < 4.78 is 6.29. The molecular formula is C7H11N3OS2. The molecule has 2 heterocycles. The van der Waals surface area contributed by atoms with Crippen LogP contribution >= 0.6 is 23.1 Å². The molecule has 0 aromatic carbocycles. The smallest absolute Gasteiger partial charge is 0.209 e. The summed E-state index contributed by atoms with van der Waals surface area (Å²) in [5, 5.41) is 9.21. The highest BCUT2D eigenvalue weighted by Gasteiger charge is 2.15. The van der Waals surface area contributed by atoms with Crippen LogP contribution in [0, 0.1) is 0 Å². The fourth-order valence-corrected chi connectivity index (χ4v) is 2.48. The molecular weight excluding hydrogens is 206 g/mol. The largest absolute Gasteiger partial charge is 0.378 e. The van der Waals surface area contributed by atoms with Crippen LogP contribution in [0.5, 0.6) is 0 Å². The van der Waals surface area contributed by atoms with E-state index in [1.165, 1.54) is 0 Å². The molecule has 2 rings (SSSR count). The Kier molecular flexibility index (Phi) is 3.02. The van der Waals surface area contributed by atoms with Crippen molar-refractivity contribution in [3.63, 3.8) is 0 Å². The Hall–Kier alpha value is -0.330.